The minimum Gasteiger partial charge on any atom is -0.447 e. The number of ether oxygens (including phenoxy) is 1. The molecule has 2 aliphatic heterocycles. The molecule has 2 aliphatic carbocycles. The van der Waals surface area contributed by atoms with Crippen molar-refractivity contribution in [1.82, 2.24) is 10.2 Å². The summed E-state index contributed by atoms with van der Waals surface area (Å²) in [4.78, 5) is 25.8. The monoisotopic (exact) mass is 326 g/mol. The fourth-order valence-electron chi connectivity index (χ4n) is 5.15. The maximum absolute atomic E-state index is 12.6. The van der Waals surface area contributed by atoms with Crippen LogP contribution in [0.15, 0.2) is 30.3 Å². The zero-order chi connectivity index (χ0) is 16.4. The molecule has 1 N–H and O–H groups in total. The van der Waals surface area contributed by atoms with Gasteiger partial charge in [0.15, 0.2) is 0 Å². The van der Waals surface area contributed by atoms with E-state index in [1.54, 1.807) is 0 Å². The Bertz CT molecular complexity index is 682. The smallest absolute Gasteiger partial charge is 0.407 e. The largest absolute Gasteiger partial charge is 0.447 e. The van der Waals surface area contributed by atoms with E-state index in [1.165, 1.54) is 18.4 Å². The topological polar surface area (TPSA) is 58.6 Å². The quantitative estimate of drug-likeness (QED) is 0.907. The molecule has 1 aromatic rings. The standard InChI is InChI=1S/C19H22N2O3/c22-16(15-8-19(9-15)12-24-17(23)20-19)21-10-18(11-21)6-14(7-18)13-4-2-1-3-5-13/h1-5,14-15H,6-12H2,(H,20,23). The van der Waals surface area contributed by atoms with Gasteiger partial charge in [-0.3, -0.25) is 4.79 Å². The van der Waals surface area contributed by atoms with Crippen molar-refractivity contribution in [2.24, 2.45) is 11.3 Å². The van der Waals surface area contributed by atoms with E-state index in [4.69, 9.17) is 4.74 Å². The van der Waals surface area contributed by atoms with Crippen LogP contribution in [0.2, 0.25) is 0 Å². The van der Waals surface area contributed by atoms with Crippen LogP contribution in [0.5, 0.6) is 0 Å². The van der Waals surface area contributed by atoms with Crippen LogP contribution in [0.3, 0.4) is 0 Å². The van der Waals surface area contributed by atoms with Crippen LogP contribution in [-0.2, 0) is 9.53 Å². The Morgan fingerprint density at radius 1 is 1.12 bits per heavy atom. The van der Waals surface area contributed by atoms with Crippen LogP contribution in [0, 0.1) is 11.3 Å². The Balaban J connectivity index is 1.12. The Morgan fingerprint density at radius 3 is 2.46 bits per heavy atom. The first kappa shape index (κ1) is 14.3. The molecular formula is C19H22N2O3. The molecular weight excluding hydrogens is 304 g/mol. The predicted octanol–water partition coefficient (Wildman–Crippen LogP) is 2.28. The maximum atomic E-state index is 12.6. The maximum Gasteiger partial charge on any atom is 0.407 e. The van der Waals surface area contributed by atoms with Crippen molar-refractivity contribution >= 4 is 12.0 Å². The van der Waals surface area contributed by atoms with Crippen molar-refractivity contribution in [3.63, 3.8) is 0 Å². The lowest BCUT2D eigenvalue weighted by molar-refractivity contribution is -0.161. The Morgan fingerprint density at radius 2 is 1.83 bits per heavy atom. The minimum absolute atomic E-state index is 0.0642. The van der Waals surface area contributed by atoms with Crippen LogP contribution in [0.25, 0.3) is 0 Å². The van der Waals surface area contributed by atoms with E-state index in [0.717, 1.165) is 25.9 Å². The highest BCUT2D eigenvalue weighted by molar-refractivity contribution is 5.82. The van der Waals surface area contributed by atoms with E-state index < -0.39 is 0 Å². The number of carbonyl (C=O) groups excluding carboxylic acids is 2. The number of hydrogen-bond donors (Lipinski definition) is 1. The van der Waals surface area contributed by atoms with Crippen LogP contribution in [0.1, 0.15) is 37.2 Å². The molecule has 0 radical (unpaired) electrons. The van der Waals surface area contributed by atoms with Crippen LogP contribution in [-0.4, -0.2) is 42.1 Å². The normalized spacial score (nSPS) is 27.2. The third-order valence-electron chi connectivity index (χ3n) is 6.46. The fraction of sp³-hybridized carbons (Fsp3) is 0.579. The van der Waals surface area contributed by atoms with Gasteiger partial charge < -0.3 is 15.0 Å². The molecule has 2 heterocycles. The van der Waals surface area contributed by atoms with E-state index in [9.17, 15) is 9.59 Å². The first-order chi connectivity index (χ1) is 11.6. The van der Waals surface area contributed by atoms with Gasteiger partial charge in [-0.15, -0.1) is 0 Å². The second kappa shape index (κ2) is 4.74. The number of likely N-dealkylation sites (tertiary alicyclic amines) is 1. The first-order valence-corrected chi connectivity index (χ1v) is 8.85. The molecule has 0 unspecified atom stereocenters. The number of benzene rings is 1. The molecule has 5 rings (SSSR count). The van der Waals surface area contributed by atoms with Crippen LogP contribution >= 0.6 is 0 Å². The highest BCUT2D eigenvalue weighted by Crippen LogP contribution is 2.56. The van der Waals surface area contributed by atoms with Gasteiger partial charge in [-0.1, -0.05) is 30.3 Å². The van der Waals surface area contributed by atoms with Crippen LogP contribution in [0.4, 0.5) is 4.79 Å². The van der Waals surface area contributed by atoms with Crippen molar-refractivity contribution in [1.29, 1.82) is 0 Å². The van der Waals surface area contributed by atoms with E-state index in [-0.39, 0.29) is 23.5 Å². The zero-order valence-corrected chi connectivity index (χ0v) is 13.7. The van der Waals surface area contributed by atoms with Crippen molar-refractivity contribution in [2.75, 3.05) is 19.7 Å². The molecule has 5 nitrogen and oxygen atoms in total. The molecule has 0 aromatic heterocycles. The summed E-state index contributed by atoms with van der Waals surface area (Å²) >= 11 is 0. The molecule has 4 aliphatic rings. The number of rotatable bonds is 2. The highest BCUT2D eigenvalue weighted by atomic mass is 16.6. The third kappa shape index (κ3) is 2.06. The summed E-state index contributed by atoms with van der Waals surface area (Å²) in [7, 11) is 0. The van der Waals surface area contributed by atoms with E-state index in [1.807, 2.05) is 4.90 Å². The number of alkyl carbamates (subject to hydrolysis) is 1. The summed E-state index contributed by atoms with van der Waals surface area (Å²) in [5.41, 5.74) is 1.56. The molecule has 2 saturated carbocycles. The molecule has 0 atom stereocenters. The predicted molar refractivity (Wildman–Crippen MR) is 87.4 cm³/mol. The Labute approximate surface area is 141 Å². The van der Waals surface area contributed by atoms with Crippen molar-refractivity contribution in [3.05, 3.63) is 35.9 Å². The second-order valence-electron chi connectivity index (χ2n) is 8.30. The van der Waals surface area contributed by atoms with E-state index in [2.05, 4.69) is 35.6 Å². The number of amides is 2. The SMILES string of the molecule is O=C1NC2(CO1)CC(C(=O)N1CC3(CC(c4ccccc4)C3)C1)C2. The highest BCUT2D eigenvalue weighted by Gasteiger charge is 2.58. The third-order valence-corrected chi connectivity index (χ3v) is 6.46. The molecule has 2 saturated heterocycles. The summed E-state index contributed by atoms with van der Waals surface area (Å²) in [6.07, 6.45) is 3.53. The molecule has 0 bridgehead atoms. The van der Waals surface area contributed by atoms with Crippen LogP contribution < -0.4 is 5.32 Å². The molecule has 4 fully saturated rings. The van der Waals surface area contributed by atoms with E-state index >= 15 is 0 Å². The number of cyclic esters (lactones) is 1. The van der Waals surface area contributed by atoms with Gasteiger partial charge in [-0.2, -0.15) is 0 Å². The number of carbonyl (C=O) groups is 2. The van der Waals surface area contributed by atoms with E-state index in [0.29, 0.717) is 17.9 Å². The molecule has 1 aromatic carbocycles. The van der Waals surface area contributed by atoms with Gasteiger partial charge in [-0.25, -0.2) is 4.79 Å². The molecule has 5 heteroatoms. The zero-order valence-electron chi connectivity index (χ0n) is 13.7. The van der Waals surface area contributed by atoms with Gasteiger partial charge in [0.2, 0.25) is 5.91 Å². The first-order valence-electron chi connectivity index (χ1n) is 8.85. The summed E-state index contributed by atoms with van der Waals surface area (Å²) < 4.78 is 4.98. The lowest BCUT2D eigenvalue weighted by Crippen LogP contribution is -2.66. The lowest BCUT2D eigenvalue weighted by atomic mass is 9.55. The van der Waals surface area contributed by atoms with Gasteiger partial charge in [-0.05, 0) is 37.2 Å². The molecule has 126 valence electrons. The minimum atomic E-state index is -0.342. The average Bonchev–Trinajstić information content (AvgIpc) is 2.86. The van der Waals surface area contributed by atoms with Crippen molar-refractivity contribution < 1.29 is 14.3 Å². The molecule has 2 spiro atoms. The number of nitrogens with one attached hydrogen (secondary N) is 1. The van der Waals surface area contributed by atoms with Gasteiger partial charge >= 0.3 is 6.09 Å². The number of hydrogen-bond acceptors (Lipinski definition) is 3. The van der Waals surface area contributed by atoms with Crippen molar-refractivity contribution in [2.45, 2.75) is 37.1 Å². The van der Waals surface area contributed by atoms with Gasteiger partial charge in [0.05, 0.1) is 5.54 Å². The summed E-state index contributed by atoms with van der Waals surface area (Å²) in [6, 6.07) is 10.7. The second-order valence-corrected chi connectivity index (χ2v) is 8.30. The Hall–Kier alpha value is -2.04. The fourth-order valence-corrected chi connectivity index (χ4v) is 5.15. The molecule has 24 heavy (non-hydrogen) atoms. The van der Waals surface area contributed by atoms with Gasteiger partial charge in [0.1, 0.15) is 6.61 Å². The average molecular weight is 326 g/mol. The molecule has 2 amide bonds. The summed E-state index contributed by atoms with van der Waals surface area (Å²) in [5.74, 6) is 1.01. The number of nitrogens with zero attached hydrogens (tertiary/aromatic N) is 1. The van der Waals surface area contributed by atoms with Gasteiger partial charge in [0.25, 0.3) is 0 Å². The summed E-state index contributed by atoms with van der Waals surface area (Å²) in [5, 5.41) is 2.86. The lowest BCUT2D eigenvalue weighted by Gasteiger charge is -2.60. The Kier molecular flexibility index (Phi) is 2.83. The summed E-state index contributed by atoms with van der Waals surface area (Å²) in [6.45, 7) is 2.25. The van der Waals surface area contributed by atoms with Gasteiger partial charge in [0, 0.05) is 24.4 Å². The van der Waals surface area contributed by atoms with Crippen molar-refractivity contribution in [3.8, 4) is 0 Å².